The normalized spacial score (nSPS) is 12.6. The van der Waals surface area contributed by atoms with Gasteiger partial charge >= 0.3 is 22.5 Å². The lowest BCUT2D eigenvalue weighted by atomic mass is 10.0. The molecule has 0 atom stereocenters. The van der Waals surface area contributed by atoms with E-state index in [4.69, 9.17) is 4.18 Å². The zero-order valence-corrected chi connectivity index (χ0v) is 19.3. The second kappa shape index (κ2) is 10.2. The maximum Gasteiger partial charge on any atom is 0.416 e. The van der Waals surface area contributed by atoms with Crippen molar-refractivity contribution in [1.29, 1.82) is 0 Å². The highest BCUT2D eigenvalue weighted by atomic mass is 32.2. The highest BCUT2D eigenvalue weighted by Crippen LogP contribution is 2.36. The van der Waals surface area contributed by atoms with Gasteiger partial charge in [0, 0.05) is 18.7 Å². The van der Waals surface area contributed by atoms with Crippen molar-refractivity contribution in [2.24, 2.45) is 5.92 Å². The summed E-state index contributed by atoms with van der Waals surface area (Å²) in [5, 5.41) is 0. The Morgan fingerprint density at radius 2 is 1.53 bits per heavy atom. The third kappa shape index (κ3) is 7.64. The fourth-order valence-electron chi connectivity index (χ4n) is 3.04. The van der Waals surface area contributed by atoms with Crippen LogP contribution in [0.25, 0.3) is 0 Å². The van der Waals surface area contributed by atoms with Gasteiger partial charge in [-0.25, -0.2) is 0 Å². The van der Waals surface area contributed by atoms with Crippen LogP contribution in [-0.2, 0) is 29.0 Å². The molecule has 0 saturated heterocycles. The van der Waals surface area contributed by atoms with Gasteiger partial charge in [0.05, 0.1) is 16.9 Å². The minimum atomic E-state index is -5.09. The molecule has 0 aliphatic heterocycles. The fourth-order valence-corrected chi connectivity index (χ4v) is 3.56. The number of halogens is 6. The van der Waals surface area contributed by atoms with E-state index < -0.39 is 45.1 Å². The molecule has 0 aliphatic rings. The topological polar surface area (TPSA) is 63.7 Å². The number of rotatable bonds is 8. The molecule has 0 N–H and O–H groups in total. The lowest BCUT2D eigenvalue weighted by Gasteiger charge is -2.26. The Kier molecular flexibility index (Phi) is 8.28. The van der Waals surface area contributed by atoms with Crippen molar-refractivity contribution < 1.29 is 43.7 Å². The summed E-state index contributed by atoms with van der Waals surface area (Å²) in [6, 6.07) is 6.42. The number of hydrogen-bond acceptors (Lipinski definition) is 4. The molecule has 0 aromatic heterocycles. The highest BCUT2D eigenvalue weighted by molar-refractivity contribution is 7.87. The van der Waals surface area contributed by atoms with Gasteiger partial charge in [-0.3, -0.25) is 4.79 Å². The fraction of sp³-hybridized carbons (Fsp3) is 0.409. The molecule has 34 heavy (non-hydrogen) atoms. The van der Waals surface area contributed by atoms with Crippen LogP contribution in [-0.4, -0.2) is 31.5 Å². The molecule has 0 radical (unpaired) electrons. The van der Waals surface area contributed by atoms with Crippen LogP contribution in [0.4, 0.5) is 26.3 Å². The minimum absolute atomic E-state index is 0.0226. The third-order valence-electron chi connectivity index (χ3n) is 4.56. The third-order valence-corrected chi connectivity index (χ3v) is 5.71. The first-order valence-electron chi connectivity index (χ1n) is 10.1. The Balaban J connectivity index is 2.46. The molecule has 5 nitrogen and oxygen atoms in total. The monoisotopic (exact) mass is 511 g/mol. The van der Waals surface area contributed by atoms with E-state index in [2.05, 4.69) is 0 Å². The molecule has 2 rings (SSSR count). The quantitative estimate of drug-likeness (QED) is 0.335. The van der Waals surface area contributed by atoms with Crippen molar-refractivity contribution in [1.82, 2.24) is 4.90 Å². The first-order chi connectivity index (χ1) is 15.5. The molecule has 2 aromatic rings. The van der Waals surface area contributed by atoms with E-state index >= 15 is 0 Å². The smallest absolute Gasteiger partial charge is 0.382 e. The Morgan fingerprint density at radius 1 is 0.971 bits per heavy atom. The van der Waals surface area contributed by atoms with Crippen molar-refractivity contribution in [2.45, 2.75) is 39.7 Å². The Labute approximate surface area is 193 Å². The molecular formula is C22H23F6NO4S. The van der Waals surface area contributed by atoms with Crippen molar-refractivity contribution in [3.05, 3.63) is 64.7 Å². The summed E-state index contributed by atoms with van der Waals surface area (Å²) in [4.78, 5) is 14.2. The van der Waals surface area contributed by atoms with Crippen LogP contribution in [0, 0.1) is 5.92 Å². The van der Waals surface area contributed by atoms with Crippen LogP contribution in [0.2, 0.25) is 0 Å². The van der Waals surface area contributed by atoms with Crippen LogP contribution in [0.15, 0.2) is 42.5 Å². The van der Waals surface area contributed by atoms with Gasteiger partial charge in [-0.05, 0) is 48.7 Å². The van der Waals surface area contributed by atoms with Gasteiger partial charge in [-0.2, -0.15) is 34.8 Å². The van der Waals surface area contributed by atoms with Gasteiger partial charge in [0.2, 0.25) is 0 Å². The van der Waals surface area contributed by atoms with Gasteiger partial charge in [-0.15, -0.1) is 0 Å². The summed E-state index contributed by atoms with van der Waals surface area (Å²) in [7, 11) is -3.83. The van der Waals surface area contributed by atoms with E-state index in [1.54, 1.807) is 13.8 Å². The van der Waals surface area contributed by atoms with E-state index in [0.717, 1.165) is 4.90 Å². The van der Waals surface area contributed by atoms with Crippen LogP contribution in [0.3, 0.4) is 0 Å². The molecular weight excluding hydrogens is 488 g/mol. The van der Waals surface area contributed by atoms with Crippen molar-refractivity contribution >= 4 is 16.0 Å². The number of hydrogen-bond donors (Lipinski definition) is 0. The van der Waals surface area contributed by atoms with Gasteiger partial charge in [0.15, 0.2) is 0 Å². The van der Waals surface area contributed by atoms with E-state index in [1.165, 1.54) is 31.2 Å². The lowest BCUT2D eigenvalue weighted by molar-refractivity contribution is -0.143. The van der Waals surface area contributed by atoms with E-state index in [0.29, 0.717) is 17.7 Å². The summed E-state index contributed by atoms with van der Waals surface area (Å²) in [5.41, 5.74) is -3.56. The molecule has 188 valence electrons. The van der Waals surface area contributed by atoms with E-state index in [9.17, 15) is 39.6 Å². The molecule has 0 spiro atoms. The SMILES string of the molecule is CCS(=O)(=O)Oc1cccc(CN(CC(C)C)C(=O)c2cc(C(F)(F)F)cc(C(F)(F)F)c2)c1. The first-order valence-corrected chi connectivity index (χ1v) is 11.7. The largest absolute Gasteiger partial charge is 0.416 e. The molecule has 2 aromatic carbocycles. The molecule has 0 heterocycles. The number of benzene rings is 2. The van der Waals surface area contributed by atoms with Gasteiger partial charge in [0.1, 0.15) is 5.75 Å². The van der Waals surface area contributed by atoms with Crippen LogP contribution in [0.5, 0.6) is 5.75 Å². The van der Waals surface area contributed by atoms with Gasteiger partial charge in [-0.1, -0.05) is 26.0 Å². The van der Waals surface area contributed by atoms with E-state index in [1.807, 2.05) is 0 Å². The number of carbonyl (C=O) groups excluding carboxylic acids is 1. The molecule has 12 heteroatoms. The predicted octanol–water partition coefficient (Wildman–Crippen LogP) is 5.75. The second-order valence-corrected chi connectivity index (χ2v) is 9.81. The maximum atomic E-state index is 13.2. The lowest BCUT2D eigenvalue weighted by Crippen LogP contribution is -2.34. The Hall–Kier alpha value is -2.76. The molecule has 0 bridgehead atoms. The molecule has 0 aliphatic carbocycles. The number of carbonyl (C=O) groups is 1. The summed E-state index contributed by atoms with van der Waals surface area (Å²) in [6.45, 7) is 4.65. The highest BCUT2D eigenvalue weighted by Gasteiger charge is 2.38. The number of amides is 1. The predicted molar refractivity (Wildman–Crippen MR) is 113 cm³/mol. The standard InChI is InChI=1S/C22H23F6NO4S/c1-4-34(31,32)33-19-7-5-6-15(8-19)13-29(12-14(2)3)20(30)16-9-17(21(23,24)25)11-18(10-16)22(26,27)28/h5-11,14H,4,12-13H2,1-3H3. The minimum Gasteiger partial charge on any atom is -0.382 e. The number of nitrogens with zero attached hydrogens (tertiary/aromatic N) is 1. The zero-order chi connectivity index (χ0) is 25.9. The van der Waals surface area contributed by atoms with Crippen molar-refractivity contribution in [3.63, 3.8) is 0 Å². The van der Waals surface area contributed by atoms with Crippen LogP contribution in [0.1, 0.15) is 47.8 Å². The summed E-state index contributed by atoms with van der Waals surface area (Å²) in [6.07, 6.45) is -10.2. The van der Waals surface area contributed by atoms with E-state index in [-0.39, 0.29) is 36.6 Å². The second-order valence-electron chi connectivity index (χ2n) is 7.95. The average molecular weight is 511 g/mol. The summed E-state index contributed by atoms with van der Waals surface area (Å²) < 4.78 is 108. The summed E-state index contributed by atoms with van der Waals surface area (Å²) >= 11 is 0. The average Bonchev–Trinajstić information content (AvgIpc) is 2.71. The van der Waals surface area contributed by atoms with Crippen molar-refractivity contribution in [2.75, 3.05) is 12.3 Å². The maximum absolute atomic E-state index is 13.2. The Bertz CT molecular complexity index is 1090. The zero-order valence-electron chi connectivity index (χ0n) is 18.5. The number of alkyl halides is 6. The van der Waals surface area contributed by atoms with Crippen molar-refractivity contribution in [3.8, 4) is 5.75 Å². The molecule has 0 unspecified atom stereocenters. The molecule has 1 amide bonds. The molecule has 0 fully saturated rings. The first kappa shape index (κ1) is 27.5. The summed E-state index contributed by atoms with van der Waals surface area (Å²) in [5.74, 6) is -1.52. The van der Waals surface area contributed by atoms with Gasteiger partial charge < -0.3 is 9.08 Å². The Morgan fingerprint density at radius 3 is 2.00 bits per heavy atom. The molecule has 0 saturated carbocycles. The van der Waals surface area contributed by atoms with Crippen LogP contribution < -0.4 is 4.18 Å². The van der Waals surface area contributed by atoms with Crippen LogP contribution >= 0.6 is 0 Å². The van der Waals surface area contributed by atoms with Gasteiger partial charge in [0.25, 0.3) is 5.91 Å².